The van der Waals surface area contributed by atoms with Crippen LogP contribution in [-0.2, 0) is 0 Å². The van der Waals surface area contributed by atoms with Gasteiger partial charge < -0.3 is 14.9 Å². The van der Waals surface area contributed by atoms with Crippen LogP contribution in [0.15, 0.2) is 18.2 Å². The fourth-order valence-electron chi connectivity index (χ4n) is 1.67. The molecule has 0 saturated carbocycles. The molecule has 98 valence electrons. The van der Waals surface area contributed by atoms with Gasteiger partial charge in [-0.05, 0) is 12.1 Å². The third kappa shape index (κ3) is 2.17. The molecule has 0 atom stereocenters. The number of rotatable bonds is 3. The number of benzene rings is 1. The third-order valence-electron chi connectivity index (χ3n) is 2.53. The summed E-state index contributed by atoms with van der Waals surface area (Å²) in [6, 6.07) is 3.03. The second-order valence-electron chi connectivity index (χ2n) is 3.67. The Balaban J connectivity index is 2.87. The largest absolute Gasteiger partial charge is 0.494 e. The van der Waals surface area contributed by atoms with Gasteiger partial charge in [0.1, 0.15) is 5.69 Å². The number of pyridine rings is 1. The van der Waals surface area contributed by atoms with Crippen molar-refractivity contribution in [3.05, 3.63) is 35.3 Å². The molecule has 7 heteroatoms. The molecule has 2 rings (SSSR count). The third-order valence-corrected chi connectivity index (χ3v) is 2.53. The van der Waals surface area contributed by atoms with E-state index in [9.17, 15) is 14.0 Å². The number of carboxylic acids is 2. The Labute approximate surface area is 106 Å². The van der Waals surface area contributed by atoms with E-state index in [1.165, 1.54) is 13.2 Å². The van der Waals surface area contributed by atoms with Gasteiger partial charge in [-0.15, -0.1) is 0 Å². The summed E-state index contributed by atoms with van der Waals surface area (Å²) in [6.45, 7) is 0. The highest BCUT2D eigenvalue weighted by atomic mass is 19.1. The summed E-state index contributed by atoms with van der Waals surface area (Å²) < 4.78 is 18.3. The van der Waals surface area contributed by atoms with E-state index in [-0.39, 0.29) is 22.2 Å². The minimum absolute atomic E-state index is 0.0596. The molecule has 0 spiro atoms. The molecule has 19 heavy (non-hydrogen) atoms. The normalized spacial score (nSPS) is 10.4. The maximum atomic E-state index is 13.5. The van der Waals surface area contributed by atoms with Crippen LogP contribution in [0.1, 0.15) is 20.8 Å². The second kappa shape index (κ2) is 4.52. The summed E-state index contributed by atoms with van der Waals surface area (Å²) >= 11 is 0. The van der Waals surface area contributed by atoms with Crippen LogP contribution in [-0.4, -0.2) is 34.2 Å². The van der Waals surface area contributed by atoms with Crippen molar-refractivity contribution in [1.29, 1.82) is 0 Å². The van der Waals surface area contributed by atoms with E-state index < -0.39 is 23.4 Å². The molecule has 0 bridgehead atoms. The van der Waals surface area contributed by atoms with Gasteiger partial charge in [-0.1, -0.05) is 0 Å². The number of carboxylic acid groups (broad SMARTS) is 2. The number of hydrogen-bond acceptors (Lipinski definition) is 4. The SMILES string of the molecule is COc1cc2c(C(=O)O)cc(C(=O)O)nc2cc1F. The number of methoxy groups -OCH3 is 1. The highest BCUT2D eigenvalue weighted by molar-refractivity contribution is 6.05. The standard InChI is InChI=1S/C12H8FNO5/c1-19-10-3-5-6(11(15)16)2-9(12(17)18)14-8(5)4-7(10)13/h2-4H,1H3,(H,15,16)(H,17,18). The van der Waals surface area contributed by atoms with Crippen LogP contribution in [0.25, 0.3) is 10.9 Å². The van der Waals surface area contributed by atoms with Crippen LogP contribution >= 0.6 is 0 Å². The molecule has 1 aromatic heterocycles. The summed E-state index contributed by atoms with van der Waals surface area (Å²) in [7, 11) is 1.24. The first kappa shape index (κ1) is 12.7. The van der Waals surface area contributed by atoms with Gasteiger partial charge >= 0.3 is 11.9 Å². The van der Waals surface area contributed by atoms with Gasteiger partial charge in [0.15, 0.2) is 11.6 Å². The van der Waals surface area contributed by atoms with Crippen molar-refractivity contribution in [3.8, 4) is 5.75 Å². The van der Waals surface area contributed by atoms with E-state index in [0.29, 0.717) is 0 Å². The molecular weight excluding hydrogens is 257 g/mol. The average Bonchev–Trinajstić information content (AvgIpc) is 2.36. The lowest BCUT2D eigenvalue weighted by Gasteiger charge is -2.07. The molecule has 0 fully saturated rings. The summed E-state index contributed by atoms with van der Waals surface area (Å²) in [4.78, 5) is 25.7. The Kier molecular flexibility index (Phi) is 3.04. The first-order valence-electron chi connectivity index (χ1n) is 5.09. The van der Waals surface area contributed by atoms with Crippen molar-refractivity contribution >= 4 is 22.8 Å². The van der Waals surface area contributed by atoms with Crippen LogP contribution in [0, 0.1) is 5.82 Å². The number of hydrogen-bond donors (Lipinski definition) is 2. The molecule has 6 nitrogen and oxygen atoms in total. The van der Waals surface area contributed by atoms with Crippen LogP contribution in [0.5, 0.6) is 5.75 Å². The number of carbonyl (C=O) groups is 2. The zero-order valence-corrected chi connectivity index (χ0v) is 9.68. The number of fused-ring (bicyclic) bond motifs is 1. The van der Waals surface area contributed by atoms with Crippen LogP contribution < -0.4 is 4.74 Å². The molecule has 0 aliphatic rings. The molecule has 2 aromatic rings. The topological polar surface area (TPSA) is 96.7 Å². The Bertz CT molecular complexity index is 698. The van der Waals surface area contributed by atoms with E-state index >= 15 is 0 Å². The molecule has 1 aromatic carbocycles. The van der Waals surface area contributed by atoms with Crippen LogP contribution in [0.3, 0.4) is 0 Å². The number of halogens is 1. The maximum absolute atomic E-state index is 13.5. The Morgan fingerprint density at radius 2 is 1.89 bits per heavy atom. The van der Waals surface area contributed by atoms with Crippen molar-refractivity contribution in [2.24, 2.45) is 0 Å². The van der Waals surface area contributed by atoms with Gasteiger partial charge in [0.2, 0.25) is 0 Å². The molecule has 1 heterocycles. The molecule has 0 radical (unpaired) electrons. The summed E-state index contributed by atoms with van der Waals surface area (Å²) in [5, 5.41) is 18.0. The molecule has 2 N–H and O–H groups in total. The fourth-order valence-corrected chi connectivity index (χ4v) is 1.67. The van der Waals surface area contributed by atoms with Crippen molar-refractivity contribution in [2.45, 2.75) is 0 Å². The summed E-state index contributed by atoms with van der Waals surface area (Å²) in [6.07, 6.45) is 0. The zero-order valence-electron chi connectivity index (χ0n) is 9.68. The van der Waals surface area contributed by atoms with Crippen molar-refractivity contribution < 1.29 is 28.9 Å². The van der Waals surface area contributed by atoms with E-state index in [1.807, 2.05) is 0 Å². The molecule has 0 aliphatic carbocycles. The van der Waals surface area contributed by atoms with Crippen molar-refractivity contribution in [3.63, 3.8) is 0 Å². The van der Waals surface area contributed by atoms with Gasteiger partial charge in [-0.25, -0.2) is 19.0 Å². The summed E-state index contributed by atoms with van der Waals surface area (Å²) in [5.74, 6) is -3.61. The van der Waals surface area contributed by atoms with E-state index in [0.717, 1.165) is 12.1 Å². The van der Waals surface area contributed by atoms with Crippen molar-refractivity contribution in [2.75, 3.05) is 7.11 Å². The monoisotopic (exact) mass is 265 g/mol. The highest BCUT2D eigenvalue weighted by Gasteiger charge is 2.17. The lowest BCUT2D eigenvalue weighted by atomic mass is 10.1. The minimum atomic E-state index is -1.39. The van der Waals surface area contributed by atoms with Gasteiger partial charge in [-0.2, -0.15) is 0 Å². The second-order valence-corrected chi connectivity index (χ2v) is 3.67. The molecule has 0 saturated heterocycles. The first-order valence-corrected chi connectivity index (χ1v) is 5.09. The van der Waals surface area contributed by atoms with Crippen LogP contribution in [0.4, 0.5) is 4.39 Å². The van der Waals surface area contributed by atoms with Gasteiger partial charge in [0.25, 0.3) is 0 Å². The Morgan fingerprint density at radius 1 is 1.21 bits per heavy atom. The maximum Gasteiger partial charge on any atom is 0.354 e. The zero-order chi connectivity index (χ0) is 14.2. The van der Waals surface area contributed by atoms with Crippen LogP contribution in [0.2, 0.25) is 0 Å². The predicted molar refractivity (Wildman–Crippen MR) is 62.2 cm³/mol. The molecule has 0 unspecified atom stereocenters. The predicted octanol–water partition coefficient (Wildman–Crippen LogP) is 1.78. The number of aromatic carboxylic acids is 2. The van der Waals surface area contributed by atoms with E-state index in [1.54, 1.807) is 0 Å². The Morgan fingerprint density at radius 3 is 2.42 bits per heavy atom. The Hall–Kier alpha value is -2.70. The number of ether oxygens (including phenoxy) is 1. The van der Waals surface area contributed by atoms with E-state index in [2.05, 4.69) is 4.98 Å². The molecule has 0 amide bonds. The van der Waals surface area contributed by atoms with Gasteiger partial charge in [0, 0.05) is 11.5 Å². The average molecular weight is 265 g/mol. The molecule has 0 aliphatic heterocycles. The lowest BCUT2D eigenvalue weighted by molar-refractivity contribution is 0.0691. The van der Waals surface area contributed by atoms with E-state index in [4.69, 9.17) is 14.9 Å². The summed E-state index contributed by atoms with van der Waals surface area (Å²) in [5.41, 5.74) is -0.800. The first-order chi connectivity index (χ1) is 8.93. The van der Waals surface area contributed by atoms with Gasteiger partial charge in [-0.3, -0.25) is 0 Å². The smallest absolute Gasteiger partial charge is 0.354 e. The molecular formula is C12H8FNO5. The number of nitrogens with zero attached hydrogens (tertiary/aromatic N) is 1. The fraction of sp³-hybridized carbons (Fsp3) is 0.0833. The van der Waals surface area contributed by atoms with Gasteiger partial charge in [0.05, 0.1) is 18.2 Å². The van der Waals surface area contributed by atoms with Crippen molar-refractivity contribution in [1.82, 2.24) is 4.98 Å². The lowest BCUT2D eigenvalue weighted by Crippen LogP contribution is -2.06. The minimum Gasteiger partial charge on any atom is -0.494 e. The number of aromatic nitrogens is 1. The quantitative estimate of drug-likeness (QED) is 0.877. The highest BCUT2D eigenvalue weighted by Crippen LogP contribution is 2.26.